The highest BCUT2D eigenvalue weighted by Gasteiger charge is 2.27. The summed E-state index contributed by atoms with van der Waals surface area (Å²) in [6, 6.07) is 0. The van der Waals surface area contributed by atoms with Crippen molar-refractivity contribution < 1.29 is 19.1 Å². The van der Waals surface area contributed by atoms with Gasteiger partial charge in [-0.25, -0.2) is 4.79 Å². The van der Waals surface area contributed by atoms with Gasteiger partial charge < -0.3 is 24.8 Å². The Hall–Kier alpha value is -2.35. The minimum atomic E-state index is -0.355. The van der Waals surface area contributed by atoms with Crippen LogP contribution in [-0.4, -0.2) is 78.4 Å². The van der Waals surface area contributed by atoms with Crippen molar-refractivity contribution >= 4 is 17.8 Å². The van der Waals surface area contributed by atoms with E-state index in [1.165, 1.54) is 12.8 Å². The monoisotopic (exact) mass is 446 g/mol. The van der Waals surface area contributed by atoms with Crippen molar-refractivity contribution in [3.8, 4) is 0 Å². The number of rotatable bonds is 9. The first-order valence-corrected chi connectivity index (χ1v) is 12.0. The predicted octanol–water partition coefficient (Wildman–Crippen LogP) is 2.19. The fourth-order valence-corrected chi connectivity index (χ4v) is 4.84. The molecule has 2 fully saturated rings. The zero-order valence-corrected chi connectivity index (χ0v) is 19.8. The first-order valence-electron chi connectivity index (χ1n) is 12.0. The van der Waals surface area contributed by atoms with Crippen molar-refractivity contribution in [3.05, 3.63) is 22.5 Å². The van der Waals surface area contributed by atoms with Crippen LogP contribution in [0.25, 0.3) is 0 Å². The lowest BCUT2D eigenvalue weighted by atomic mass is 9.95. The molecule has 2 aliphatic rings. The highest BCUT2D eigenvalue weighted by Crippen LogP contribution is 2.22. The Kier molecular flexibility index (Phi) is 8.73. The highest BCUT2D eigenvalue weighted by atomic mass is 16.5. The lowest BCUT2D eigenvalue weighted by molar-refractivity contribution is -0.135. The van der Waals surface area contributed by atoms with E-state index in [-0.39, 0.29) is 23.7 Å². The van der Waals surface area contributed by atoms with Gasteiger partial charge in [-0.15, -0.1) is 0 Å². The van der Waals surface area contributed by atoms with Crippen molar-refractivity contribution in [2.24, 2.45) is 5.92 Å². The van der Waals surface area contributed by atoms with Crippen molar-refractivity contribution in [3.63, 3.8) is 0 Å². The van der Waals surface area contributed by atoms with Gasteiger partial charge in [0.2, 0.25) is 11.8 Å². The third kappa shape index (κ3) is 6.12. The Labute approximate surface area is 191 Å². The van der Waals surface area contributed by atoms with E-state index in [1.807, 2.05) is 18.7 Å². The number of amides is 2. The van der Waals surface area contributed by atoms with Crippen LogP contribution in [-0.2, 0) is 20.7 Å². The summed E-state index contributed by atoms with van der Waals surface area (Å²) in [7, 11) is 0. The number of aromatic nitrogens is 1. The van der Waals surface area contributed by atoms with Gasteiger partial charge in [0.15, 0.2) is 0 Å². The van der Waals surface area contributed by atoms with Gasteiger partial charge in [0.1, 0.15) is 5.69 Å². The van der Waals surface area contributed by atoms with E-state index in [0.29, 0.717) is 44.8 Å². The molecule has 0 saturated carbocycles. The molecule has 0 bridgehead atoms. The Morgan fingerprint density at radius 2 is 1.78 bits per heavy atom. The molecular weight excluding hydrogens is 408 g/mol. The molecule has 0 radical (unpaired) electrons. The van der Waals surface area contributed by atoms with Crippen molar-refractivity contribution in [1.82, 2.24) is 20.1 Å². The second-order valence-electron chi connectivity index (χ2n) is 8.94. The molecule has 0 spiro atoms. The van der Waals surface area contributed by atoms with E-state index >= 15 is 0 Å². The maximum absolute atomic E-state index is 12.8. The van der Waals surface area contributed by atoms with Crippen molar-refractivity contribution in [2.75, 3.05) is 45.9 Å². The number of carbonyl (C=O) groups is 3. The number of piperidine rings is 1. The van der Waals surface area contributed by atoms with Crippen molar-refractivity contribution in [2.45, 2.75) is 59.3 Å². The number of likely N-dealkylation sites (tertiary alicyclic amines) is 2. The molecule has 2 amide bonds. The summed E-state index contributed by atoms with van der Waals surface area (Å²) in [6.07, 6.45) is 4.94. The largest absolute Gasteiger partial charge is 0.461 e. The number of nitrogens with one attached hydrogen (secondary N) is 2. The first kappa shape index (κ1) is 24.3. The second kappa shape index (κ2) is 11.5. The summed E-state index contributed by atoms with van der Waals surface area (Å²) in [5, 5.41) is 3.08. The van der Waals surface area contributed by atoms with E-state index in [4.69, 9.17) is 4.74 Å². The highest BCUT2D eigenvalue weighted by molar-refractivity contribution is 5.90. The average Bonchev–Trinajstić information content (AvgIpc) is 3.40. The van der Waals surface area contributed by atoms with Gasteiger partial charge in [-0.1, -0.05) is 0 Å². The SMILES string of the molecule is CCOC(=O)c1[nH]c(C)c(CCC(=O)N2CCC(C(=O)NCCN3CCCC3)CC2)c1C. The molecule has 8 nitrogen and oxygen atoms in total. The Balaban J connectivity index is 1.41. The number of carbonyl (C=O) groups excluding carboxylic acids is 3. The number of hydrogen-bond donors (Lipinski definition) is 2. The predicted molar refractivity (Wildman–Crippen MR) is 123 cm³/mol. The van der Waals surface area contributed by atoms with E-state index in [9.17, 15) is 14.4 Å². The molecule has 2 saturated heterocycles. The third-order valence-corrected chi connectivity index (χ3v) is 6.81. The molecule has 1 aromatic rings. The minimum Gasteiger partial charge on any atom is -0.461 e. The van der Waals surface area contributed by atoms with E-state index in [0.717, 1.165) is 49.3 Å². The fourth-order valence-electron chi connectivity index (χ4n) is 4.84. The smallest absolute Gasteiger partial charge is 0.355 e. The minimum absolute atomic E-state index is 0.000994. The van der Waals surface area contributed by atoms with Gasteiger partial charge in [-0.05, 0) is 77.1 Å². The van der Waals surface area contributed by atoms with Gasteiger partial charge >= 0.3 is 5.97 Å². The fraction of sp³-hybridized carbons (Fsp3) is 0.708. The first-order chi connectivity index (χ1) is 15.4. The molecule has 8 heteroatoms. The molecule has 2 aliphatic heterocycles. The normalized spacial score (nSPS) is 17.5. The molecule has 3 heterocycles. The van der Waals surface area contributed by atoms with Crippen LogP contribution in [0.15, 0.2) is 0 Å². The van der Waals surface area contributed by atoms with Gasteiger partial charge in [-0.3, -0.25) is 9.59 Å². The molecule has 2 N–H and O–H groups in total. The molecule has 0 aromatic carbocycles. The Bertz CT molecular complexity index is 805. The zero-order chi connectivity index (χ0) is 23.1. The number of ether oxygens (including phenoxy) is 1. The summed E-state index contributed by atoms with van der Waals surface area (Å²) in [4.78, 5) is 44.7. The molecule has 32 heavy (non-hydrogen) atoms. The number of aryl methyl sites for hydroxylation is 1. The van der Waals surface area contributed by atoms with Crippen LogP contribution in [0.5, 0.6) is 0 Å². The van der Waals surface area contributed by atoms with Gasteiger partial charge in [0.05, 0.1) is 6.61 Å². The van der Waals surface area contributed by atoms with Crippen LogP contribution in [0.2, 0.25) is 0 Å². The van der Waals surface area contributed by atoms with Crippen LogP contribution >= 0.6 is 0 Å². The van der Waals surface area contributed by atoms with Crippen LogP contribution in [0.1, 0.15) is 66.3 Å². The topological polar surface area (TPSA) is 94.7 Å². The second-order valence-corrected chi connectivity index (χ2v) is 8.94. The molecule has 0 unspecified atom stereocenters. The third-order valence-electron chi connectivity index (χ3n) is 6.81. The average molecular weight is 447 g/mol. The number of H-pyrrole nitrogens is 1. The summed E-state index contributed by atoms with van der Waals surface area (Å²) in [6.45, 7) is 11.1. The summed E-state index contributed by atoms with van der Waals surface area (Å²) < 4.78 is 5.10. The van der Waals surface area contributed by atoms with E-state index < -0.39 is 0 Å². The van der Waals surface area contributed by atoms with Gasteiger partial charge in [-0.2, -0.15) is 0 Å². The molecular formula is C24H38N4O4. The molecule has 0 aliphatic carbocycles. The van der Waals surface area contributed by atoms with Gasteiger partial charge in [0.25, 0.3) is 0 Å². The summed E-state index contributed by atoms with van der Waals surface area (Å²) in [5.41, 5.74) is 3.25. The molecule has 0 atom stereocenters. The number of nitrogens with zero attached hydrogens (tertiary/aromatic N) is 2. The molecule has 178 valence electrons. The van der Waals surface area contributed by atoms with Crippen molar-refractivity contribution in [1.29, 1.82) is 0 Å². The quantitative estimate of drug-likeness (QED) is 0.567. The zero-order valence-electron chi connectivity index (χ0n) is 19.8. The van der Waals surface area contributed by atoms with Crippen LogP contribution < -0.4 is 5.32 Å². The maximum Gasteiger partial charge on any atom is 0.355 e. The Morgan fingerprint density at radius 1 is 1.09 bits per heavy atom. The molecule has 1 aromatic heterocycles. The summed E-state index contributed by atoms with van der Waals surface area (Å²) in [5.74, 6) is -0.123. The number of aromatic amines is 1. The number of hydrogen-bond acceptors (Lipinski definition) is 5. The molecule has 3 rings (SSSR count). The lowest BCUT2D eigenvalue weighted by Crippen LogP contribution is -2.44. The van der Waals surface area contributed by atoms with Gasteiger partial charge in [0, 0.05) is 44.2 Å². The van der Waals surface area contributed by atoms with Crippen LogP contribution in [0.3, 0.4) is 0 Å². The van der Waals surface area contributed by atoms with Crippen LogP contribution in [0, 0.1) is 19.8 Å². The standard InChI is InChI=1S/C24H38N4O4/c1-4-32-24(31)22-17(2)20(18(3)26-22)7-8-21(29)28-14-9-19(10-15-28)23(30)25-11-16-27-12-5-6-13-27/h19,26H,4-16H2,1-3H3,(H,25,30). The number of esters is 1. The summed E-state index contributed by atoms with van der Waals surface area (Å²) >= 11 is 0. The lowest BCUT2D eigenvalue weighted by Gasteiger charge is -2.31. The Morgan fingerprint density at radius 3 is 2.44 bits per heavy atom. The van der Waals surface area contributed by atoms with Crippen LogP contribution in [0.4, 0.5) is 0 Å². The van der Waals surface area contributed by atoms with E-state index in [2.05, 4.69) is 15.2 Å². The maximum atomic E-state index is 12.8. The van der Waals surface area contributed by atoms with E-state index in [1.54, 1.807) is 6.92 Å².